The average molecular weight is 272 g/mol. The predicted molar refractivity (Wildman–Crippen MR) is 74.4 cm³/mol. The fourth-order valence-electron chi connectivity index (χ4n) is 1.99. The number of fused-ring (bicyclic) bond motifs is 1. The molecule has 94 valence electrons. The maximum absolute atomic E-state index is 11.8. The molecule has 19 heavy (non-hydrogen) atoms. The van der Waals surface area contributed by atoms with Crippen molar-refractivity contribution >= 4 is 22.5 Å². The molecule has 0 radical (unpaired) electrons. The highest BCUT2D eigenvalue weighted by molar-refractivity contribution is 6.29. The second kappa shape index (κ2) is 4.82. The SMILES string of the molecule is O=c1ccn(Cc2cnc(Cl)cn2)c2ccccc12. The van der Waals surface area contributed by atoms with Gasteiger partial charge in [0.2, 0.25) is 0 Å². The molecule has 4 nitrogen and oxygen atoms in total. The van der Waals surface area contributed by atoms with Crippen molar-refractivity contribution in [2.24, 2.45) is 0 Å². The van der Waals surface area contributed by atoms with E-state index < -0.39 is 0 Å². The van der Waals surface area contributed by atoms with Crippen molar-refractivity contribution in [3.05, 3.63) is 70.0 Å². The maximum Gasteiger partial charge on any atom is 0.189 e. The molecular weight excluding hydrogens is 262 g/mol. The molecule has 0 spiro atoms. The fraction of sp³-hybridized carbons (Fsp3) is 0.0714. The van der Waals surface area contributed by atoms with E-state index in [4.69, 9.17) is 11.6 Å². The smallest absolute Gasteiger partial charge is 0.189 e. The molecule has 2 aromatic heterocycles. The van der Waals surface area contributed by atoms with Gasteiger partial charge in [0, 0.05) is 17.6 Å². The zero-order chi connectivity index (χ0) is 13.2. The highest BCUT2D eigenvalue weighted by Crippen LogP contribution is 2.11. The monoisotopic (exact) mass is 271 g/mol. The zero-order valence-corrected chi connectivity index (χ0v) is 10.7. The first kappa shape index (κ1) is 11.9. The molecule has 0 atom stereocenters. The first-order valence-electron chi connectivity index (χ1n) is 5.79. The summed E-state index contributed by atoms with van der Waals surface area (Å²) in [6.07, 6.45) is 4.91. The van der Waals surface area contributed by atoms with Crippen LogP contribution in [-0.2, 0) is 6.54 Å². The van der Waals surface area contributed by atoms with E-state index in [2.05, 4.69) is 9.97 Å². The van der Waals surface area contributed by atoms with Gasteiger partial charge in [-0.15, -0.1) is 0 Å². The molecule has 0 unspecified atom stereocenters. The lowest BCUT2D eigenvalue weighted by atomic mass is 10.2. The minimum Gasteiger partial charge on any atom is -0.341 e. The minimum absolute atomic E-state index is 0.0223. The summed E-state index contributed by atoms with van der Waals surface area (Å²) in [5, 5.41) is 1.07. The summed E-state index contributed by atoms with van der Waals surface area (Å²) in [6.45, 7) is 0.547. The molecule has 3 aromatic rings. The highest BCUT2D eigenvalue weighted by Gasteiger charge is 2.03. The molecule has 0 N–H and O–H groups in total. The van der Waals surface area contributed by atoms with Crippen molar-refractivity contribution in [3.8, 4) is 0 Å². The van der Waals surface area contributed by atoms with Gasteiger partial charge in [0.15, 0.2) is 5.43 Å². The Kier molecular flexibility index (Phi) is 3.01. The Hall–Kier alpha value is -2.20. The molecule has 3 rings (SSSR count). The first-order valence-corrected chi connectivity index (χ1v) is 6.16. The van der Waals surface area contributed by atoms with Gasteiger partial charge in [-0.1, -0.05) is 23.7 Å². The summed E-state index contributed by atoms with van der Waals surface area (Å²) in [4.78, 5) is 20.0. The van der Waals surface area contributed by atoms with E-state index in [1.807, 2.05) is 28.8 Å². The molecule has 5 heteroatoms. The van der Waals surface area contributed by atoms with Gasteiger partial charge in [0.1, 0.15) is 5.15 Å². The van der Waals surface area contributed by atoms with Crippen LogP contribution < -0.4 is 5.43 Å². The number of para-hydroxylation sites is 1. The van der Waals surface area contributed by atoms with Crippen LogP contribution in [0.4, 0.5) is 0 Å². The number of nitrogens with zero attached hydrogens (tertiary/aromatic N) is 3. The summed E-state index contributed by atoms with van der Waals surface area (Å²) in [6, 6.07) is 9.06. The van der Waals surface area contributed by atoms with Crippen LogP contribution in [0, 0.1) is 0 Å². The normalized spacial score (nSPS) is 10.8. The largest absolute Gasteiger partial charge is 0.341 e. The van der Waals surface area contributed by atoms with Gasteiger partial charge in [-0.2, -0.15) is 0 Å². The van der Waals surface area contributed by atoms with Crippen molar-refractivity contribution in [2.75, 3.05) is 0 Å². The topological polar surface area (TPSA) is 47.8 Å². The molecule has 2 heterocycles. The van der Waals surface area contributed by atoms with Crippen LogP contribution in [-0.4, -0.2) is 14.5 Å². The lowest BCUT2D eigenvalue weighted by Crippen LogP contribution is -2.09. The Morgan fingerprint density at radius 3 is 2.74 bits per heavy atom. The van der Waals surface area contributed by atoms with E-state index in [9.17, 15) is 4.79 Å². The van der Waals surface area contributed by atoms with Crippen molar-refractivity contribution in [1.29, 1.82) is 0 Å². The van der Waals surface area contributed by atoms with Crippen LogP contribution in [0.3, 0.4) is 0 Å². The summed E-state index contributed by atoms with van der Waals surface area (Å²) in [7, 11) is 0. The molecule has 0 saturated carbocycles. The van der Waals surface area contributed by atoms with Crippen molar-refractivity contribution in [1.82, 2.24) is 14.5 Å². The number of hydrogen-bond donors (Lipinski definition) is 0. The van der Waals surface area contributed by atoms with Crippen molar-refractivity contribution in [3.63, 3.8) is 0 Å². The van der Waals surface area contributed by atoms with Gasteiger partial charge >= 0.3 is 0 Å². The van der Waals surface area contributed by atoms with Crippen LogP contribution in [0.5, 0.6) is 0 Å². The summed E-state index contributed by atoms with van der Waals surface area (Å²) in [5.74, 6) is 0. The maximum atomic E-state index is 11.8. The van der Waals surface area contributed by atoms with Crippen LogP contribution in [0.2, 0.25) is 5.15 Å². The van der Waals surface area contributed by atoms with Gasteiger partial charge in [-0.3, -0.25) is 9.78 Å². The van der Waals surface area contributed by atoms with E-state index >= 15 is 0 Å². The third kappa shape index (κ3) is 2.35. The number of rotatable bonds is 2. The van der Waals surface area contributed by atoms with Crippen molar-refractivity contribution < 1.29 is 0 Å². The second-order valence-electron chi connectivity index (χ2n) is 4.16. The summed E-state index contributed by atoms with van der Waals surface area (Å²) >= 11 is 5.71. The summed E-state index contributed by atoms with van der Waals surface area (Å²) < 4.78 is 1.97. The van der Waals surface area contributed by atoms with Crippen LogP contribution in [0.15, 0.2) is 53.7 Å². The van der Waals surface area contributed by atoms with E-state index in [-0.39, 0.29) is 5.43 Å². The Balaban J connectivity index is 2.08. The number of aromatic nitrogens is 3. The Morgan fingerprint density at radius 1 is 1.11 bits per heavy atom. The third-order valence-corrected chi connectivity index (χ3v) is 3.09. The molecule has 0 amide bonds. The van der Waals surface area contributed by atoms with Crippen LogP contribution in [0.1, 0.15) is 5.69 Å². The molecule has 0 aliphatic rings. The number of hydrogen-bond acceptors (Lipinski definition) is 3. The van der Waals surface area contributed by atoms with Crippen LogP contribution in [0.25, 0.3) is 10.9 Å². The predicted octanol–water partition coefficient (Wildman–Crippen LogP) is 2.49. The third-order valence-electron chi connectivity index (χ3n) is 2.89. The quantitative estimate of drug-likeness (QED) is 0.719. The number of pyridine rings is 1. The van der Waals surface area contributed by atoms with Gasteiger partial charge in [0.05, 0.1) is 30.1 Å². The van der Waals surface area contributed by atoms with E-state index in [0.717, 1.165) is 11.2 Å². The molecule has 0 bridgehead atoms. The molecule has 0 saturated heterocycles. The molecular formula is C14H10ClN3O. The standard InChI is InChI=1S/C14H10ClN3O/c15-14-8-16-10(7-17-14)9-18-6-5-13(19)11-3-1-2-4-12(11)18/h1-8H,9H2. The minimum atomic E-state index is 0.0223. The highest BCUT2D eigenvalue weighted by atomic mass is 35.5. The summed E-state index contributed by atoms with van der Waals surface area (Å²) in [5.41, 5.74) is 1.69. The first-order chi connectivity index (χ1) is 9.24. The molecule has 0 aliphatic heterocycles. The molecule has 0 aliphatic carbocycles. The average Bonchev–Trinajstić information content (AvgIpc) is 2.45. The van der Waals surface area contributed by atoms with Crippen molar-refractivity contribution in [2.45, 2.75) is 6.54 Å². The van der Waals surface area contributed by atoms with Gasteiger partial charge in [-0.25, -0.2) is 4.98 Å². The van der Waals surface area contributed by atoms with Gasteiger partial charge < -0.3 is 4.57 Å². The Morgan fingerprint density at radius 2 is 1.95 bits per heavy atom. The second-order valence-corrected chi connectivity index (χ2v) is 4.54. The van der Waals surface area contributed by atoms with E-state index in [0.29, 0.717) is 17.1 Å². The lowest BCUT2D eigenvalue weighted by molar-refractivity contribution is 0.791. The Bertz CT molecular complexity index is 781. The zero-order valence-electron chi connectivity index (χ0n) is 9.95. The van der Waals surface area contributed by atoms with E-state index in [1.54, 1.807) is 18.5 Å². The fourth-order valence-corrected chi connectivity index (χ4v) is 2.09. The molecule has 0 fully saturated rings. The number of halogens is 1. The Labute approximate surface area is 114 Å². The number of benzene rings is 1. The molecule has 1 aromatic carbocycles. The van der Waals surface area contributed by atoms with Crippen LogP contribution >= 0.6 is 11.6 Å². The van der Waals surface area contributed by atoms with Gasteiger partial charge in [-0.05, 0) is 12.1 Å². The van der Waals surface area contributed by atoms with Gasteiger partial charge in [0.25, 0.3) is 0 Å². The lowest BCUT2D eigenvalue weighted by Gasteiger charge is -2.09. The van der Waals surface area contributed by atoms with E-state index in [1.165, 1.54) is 6.20 Å².